The summed E-state index contributed by atoms with van der Waals surface area (Å²) in [6.07, 6.45) is -0.421. The molecule has 1 aliphatic heterocycles. The van der Waals surface area contributed by atoms with E-state index in [1.54, 1.807) is 18.2 Å². The van der Waals surface area contributed by atoms with Crippen LogP contribution in [0.3, 0.4) is 0 Å². The van der Waals surface area contributed by atoms with Crippen LogP contribution in [0.1, 0.15) is 10.6 Å². The maximum absolute atomic E-state index is 12.1. The Hall–Kier alpha value is -1.53. The van der Waals surface area contributed by atoms with Crippen LogP contribution in [0.2, 0.25) is 5.02 Å². The number of β-amino-alcohol motifs (C(OH)–C–C–N with tert-alkyl or cyclic N) is 1. The minimum absolute atomic E-state index is 0. The minimum atomic E-state index is -0.421. The van der Waals surface area contributed by atoms with Gasteiger partial charge in [0.2, 0.25) is 0 Å². The fraction of sp³-hybridized carbons (Fsp3) is 0.312. The number of rotatable bonds is 4. The predicted octanol–water partition coefficient (Wildman–Crippen LogP) is 2.33. The third kappa shape index (κ3) is 4.06. The van der Waals surface area contributed by atoms with E-state index in [0.29, 0.717) is 30.4 Å². The van der Waals surface area contributed by atoms with Crippen molar-refractivity contribution in [3.05, 3.63) is 47.2 Å². The van der Waals surface area contributed by atoms with E-state index >= 15 is 0 Å². The number of amides is 1. The third-order valence-electron chi connectivity index (χ3n) is 3.80. The molecule has 5 nitrogen and oxygen atoms in total. The quantitative estimate of drug-likeness (QED) is 0.785. The monoisotopic (exact) mass is 356 g/mol. The van der Waals surface area contributed by atoms with Gasteiger partial charge in [0.15, 0.2) is 5.76 Å². The van der Waals surface area contributed by atoms with Gasteiger partial charge in [-0.1, -0.05) is 23.7 Å². The summed E-state index contributed by atoms with van der Waals surface area (Å²) in [6, 6.07) is 10.7. The molecule has 0 radical (unpaired) electrons. The summed E-state index contributed by atoms with van der Waals surface area (Å²) in [4.78, 5) is 12.1. The van der Waals surface area contributed by atoms with Crippen molar-refractivity contribution in [3.8, 4) is 11.3 Å². The first-order valence-electron chi connectivity index (χ1n) is 7.17. The zero-order valence-corrected chi connectivity index (χ0v) is 13.9. The highest BCUT2D eigenvalue weighted by molar-refractivity contribution is 6.33. The molecule has 23 heavy (non-hydrogen) atoms. The average molecular weight is 357 g/mol. The largest absolute Gasteiger partial charge is 0.451 e. The summed E-state index contributed by atoms with van der Waals surface area (Å²) in [6.45, 7) is 1.68. The van der Waals surface area contributed by atoms with Gasteiger partial charge in [-0.3, -0.25) is 4.79 Å². The van der Waals surface area contributed by atoms with Gasteiger partial charge in [-0.05, 0) is 24.3 Å². The molecule has 7 heteroatoms. The molecule has 0 saturated carbocycles. The van der Waals surface area contributed by atoms with Crippen molar-refractivity contribution in [1.82, 2.24) is 10.6 Å². The maximum Gasteiger partial charge on any atom is 0.287 e. The van der Waals surface area contributed by atoms with Gasteiger partial charge in [0, 0.05) is 31.1 Å². The van der Waals surface area contributed by atoms with Gasteiger partial charge in [-0.15, -0.1) is 12.4 Å². The Kier molecular flexibility index (Phi) is 6.07. The highest BCUT2D eigenvalue weighted by Crippen LogP contribution is 2.28. The van der Waals surface area contributed by atoms with Crippen LogP contribution in [0.25, 0.3) is 11.3 Å². The molecule has 1 fully saturated rings. The van der Waals surface area contributed by atoms with Crippen molar-refractivity contribution >= 4 is 29.9 Å². The number of nitrogens with one attached hydrogen (secondary N) is 2. The van der Waals surface area contributed by atoms with Crippen molar-refractivity contribution in [2.45, 2.75) is 6.10 Å². The molecule has 2 aromatic rings. The number of aliphatic hydroxyl groups is 1. The van der Waals surface area contributed by atoms with E-state index in [1.807, 2.05) is 18.2 Å². The standard InChI is InChI=1S/C16H17ClN2O3.ClH/c17-12-4-2-1-3-11(12)14-5-6-15(22-14)16(21)19-8-10-7-18-9-13(10)20;/h1-6,10,13,18,20H,7-9H2,(H,19,21);1H. The zero-order valence-electron chi connectivity index (χ0n) is 12.3. The third-order valence-corrected chi connectivity index (χ3v) is 4.13. The van der Waals surface area contributed by atoms with Crippen molar-refractivity contribution in [3.63, 3.8) is 0 Å². The summed E-state index contributed by atoms with van der Waals surface area (Å²) in [7, 11) is 0. The van der Waals surface area contributed by atoms with Crippen molar-refractivity contribution in [2.75, 3.05) is 19.6 Å². The number of aliphatic hydroxyl groups excluding tert-OH is 1. The van der Waals surface area contributed by atoms with Crippen LogP contribution < -0.4 is 10.6 Å². The Morgan fingerprint density at radius 1 is 1.30 bits per heavy atom. The number of furan rings is 1. The summed E-state index contributed by atoms with van der Waals surface area (Å²) in [5.41, 5.74) is 0.749. The molecular formula is C16H18Cl2N2O3. The first kappa shape index (κ1) is 17.8. The Labute approximate surface area is 145 Å². The summed E-state index contributed by atoms with van der Waals surface area (Å²) in [5, 5.41) is 16.1. The van der Waals surface area contributed by atoms with Gasteiger partial charge in [-0.2, -0.15) is 0 Å². The topological polar surface area (TPSA) is 74.5 Å². The van der Waals surface area contributed by atoms with Crippen LogP contribution in [-0.2, 0) is 0 Å². The highest BCUT2D eigenvalue weighted by Gasteiger charge is 2.25. The van der Waals surface area contributed by atoms with Gasteiger partial charge < -0.3 is 20.2 Å². The molecule has 2 atom stereocenters. The molecule has 0 spiro atoms. The fourth-order valence-corrected chi connectivity index (χ4v) is 2.73. The Balaban J connectivity index is 0.00000192. The van der Waals surface area contributed by atoms with Gasteiger partial charge in [0.05, 0.1) is 11.1 Å². The summed E-state index contributed by atoms with van der Waals surface area (Å²) >= 11 is 6.12. The molecule has 0 aliphatic carbocycles. The Morgan fingerprint density at radius 2 is 2.09 bits per heavy atom. The Bertz CT molecular complexity index is 675. The van der Waals surface area contributed by atoms with Crippen LogP contribution in [0, 0.1) is 5.92 Å². The molecule has 3 rings (SSSR count). The number of carbonyl (C=O) groups is 1. The second-order valence-corrected chi connectivity index (χ2v) is 5.75. The summed E-state index contributed by atoms with van der Waals surface area (Å²) < 4.78 is 5.58. The van der Waals surface area contributed by atoms with Crippen LogP contribution in [-0.4, -0.2) is 36.8 Å². The molecule has 1 saturated heterocycles. The molecule has 1 aromatic heterocycles. The van der Waals surface area contributed by atoms with E-state index in [2.05, 4.69) is 10.6 Å². The SMILES string of the molecule is Cl.O=C(NCC1CNCC1O)c1ccc(-c2ccccc2Cl)o1. The molecule has 1 aliphatic rings. The van der Waals surface area contributed by atoms with E-state index in [1.165, 1.54) is 0 Å². The van der Waals surface area contributed by atoms with Crippen LogP contribution in [0.15, 0.2) is 40.8 Å². The molecule has 2 heterocycles. The van der Waals surface area contributed by atoms with Crippen molar-refractivity contribution < 1.29 is 14.3 Å². The first-order chi connectivity index (χ1) is 10.6. The minimum Gasteiger partial charge on any atom is -0.451 e. The number of hydrogen-bond acceptors (Lipinski definition) is 4. The van der Waals surface area contributed by atoms with E-state index < -0.39 is 6.10 Å². The molecule has 1 amide bonds. The van der Waals surface area contributed by atoms with Crippen molar-refractivity contribution in [2.24, 2.45) is 5.92 Å². The predicted molar refractivity (Wildman–Crippen MR) is 91.1 cm³/mol. The first-order valence-corrected chi connectivity index (χ1v) is 7.54. The lowest BCUT2D eigenvalue weighted by Crippen LogP contribution is -2.34. The number of benzene rings is 1. The van der Waals surface area contributed by atoms with Gasteiger partial charge in [0.25, 0.3) is 5.91 Å². The van der Waals surface area contributed by atoms with E-state index in [4.69, 9.17) is 16.0 Å². The number of hydrogen-bond donors (Lipinski definition) is 3. The Morgan fingerprint density at radius 3 is 2.78 bits per heavy atom. The maximum atomic E-state index is 12.1. The zero-order chi connectivity index (χ0) is 15.5. The number of halogens is 2. The van der Waals surface area contributed by atoms with E-state index in [-0.39, 0.29) is 30.0 Å². The van der Waals surface area contributed by atoms with Crippen LogP contribution >= 0.6 is 24.0 Å². The number of carbonyl (C=O) groups excluding carboxylic acids is 1. The van der Waals surface area contributed by atoms with Gasteiger partial charge in [0.1, 0.15) is 5.76 Å². The van der Waals surface area contributed by atoms with Crippen molar-refractivity contribution in [1.29, 1.82) is 0 Å². The average Bonchev–Trinajstić information content (AvgIpc) is 3.14. The van der Waals surface area contributed by atoms with E-state index in [0.717, 1.165) is 5.56 Å². The fourth-order valence-electron chi connectivity index (χ4n) is 2.50. The van der Waals surface area contributed by atoms with E-state index in [9.17, 15) is 9.90 Å². The van der Waals surface area contributed by atoms with Gasteiger partial charge >= 0.3 is 0 Å². The molecule has 0 bridgehead atoms. The van der Waals surface area contributed by atoms with Crippen LogP contribution in [0.4, 0.5) is 0 Å². The molecule has 124 valence electrons. The highest BCUT2D eigenvalue weighted by atomic mass is 35.5. The lowest BCUT2D eigenvalue weighted by molar-refractivity contribution is 0.0900. The second-order valence-electron chi connectivity index (χ2n) is 5.34. The molecule has 2 unspecified atom stereocenters. The molecule has 3 N–H and O–H groups in total. The van der Waals surface area contributed by atoms with Gasteiger partial charge in [-0.25, -0.2) is 0 Å². The molecule has 1 aromatic carbocycles. The normalized spacial score (nSPS) is 20.1. The lowest BCUT2D eigenvalue weighted by Gasteiger charge is -2.13. The summed E-state index contributed by atoms with van der Waals surface area (Å²) in [5.74, 6) is 0.521. The lowest BCUT2D eigenvalue weighted by atomic mass is 10.1. The smallest absolute Gasteiger partial charge is 0.287 e. The second kappa shape index (κ2) is 7.84. The molecular weight excluding hydrogens is 339 g/mol. The van der Waals surface area contributed by atoms with Crippen LogP contribution in [0.5, 0.6) is 0 Å².